The summed E-state index contributed by atoms with van der Waals surface area (Å²) in [5.74, 6) is -0.885. The number of nitrogens with one attached hydrogen (secondary N) is 1. The Kier molecular flexibility index (Phi) is 5.30. The second-order valence-corrected chi connectivity index (χ2v) is 8.41. The number of carbonyl (C=O) groups excluding carboxylic acids is 1. The van der Waals surface area contributed by atoms with Crippen LogP contribution in [-0.4, -0.2) is 31.3 Å². The number of fused-ring (bicyclic) bond motifs is 1. The smallest absolute Gasteiger partial charge is 0.335 e. The van der Waals surface area contributed by atoms with Gasteiger partial charge in [0.25, 0.3) is 5.56 Å². The van der Waals surface area contributed by atoms with Gasteiger partial charge in [0.2, 0.25) is 11.8 Å². The molecule has 9 heteroatoms. The molecule has 1 aliphatic rings. The highest BCUT2D eigenvalue weighted by molar-refractivity contribution is 6.30. The predicted octanol–water partition coefficient (Wildman–Crippen LogP) is 3.74. The first kappa shape index (κ1) is 21.7. The highest BCUT2D eigenvalue weighted by Crippen LogP contribution is 2.37. The van der Waals surface area contributed by atoms with Gasteiger partial charge in [0, 0.05) is 18.4 Å². The van der Waals surface area contributed by atoms with E-state index in [4.69, 9.17) is 11.6 Å². The van der Waals surface area contributed by atoms with Crippen molar-refractivity contribution in [2.45, 2.75) is 19.4 Å². The zero-order valence-corrected chi connectivity index (χ0v) is 18.8. The number of hydrazone groups is 1. The molecule has 1 amide bonds. The second kappa shape index (κ2) is 8.31. The van der Waals surface area contributed by atoms with Crippen molar-refractivity contribution in [2.75, 3.05) is 0 Å². The Morgan fingerprint density at radius 1 is 1.09 bits per heavy atom. The van der Waals surface area contributed by atoms with Gasteiger partial charge in [-0.2, -0.15) is 5.10 Å². The first-order chi connectivity index (χ1) is 16.3. The number of amides is 1. The van der Waals surface area contributed by atoms with E-state index in [0.29, 0.717) is 5.02 Å². The molecule has 0 unspecified atom stereocenters. The summed E-state index contributed by atoms with van der Waals surface area (Å²) in [4.78, 5) is 40.1. The number of aromatic hydroxyl groups is 1. The Bertz CT molecular complexity index is 1600. The standard InChI is InChI=1S/C25H19ClN4O4/c1-14(31)30-21(19-11-4-7-15-6-2-3-10-18(15)19)13-20(28-30)22-23(32)27-25(34)29(24(22)33)17-9-5-8-16(26)12-17/h2-12,21,33H,13H2,1H3,(H,27,32,34)/t21-/m1/s1. The largest absolute Gasteiger partial charge is 0.493 e. The third-order valence-corrected chi connectivity index (χ3v) is 6.09. The number of H-pyrrole nitrogens is 1. The SMILES string of the molecule is CC(=O)N1N=C(c2c(O)n(-c3cccc(Cl)c3)c(=O)[nH]c2=O)C[C@@H]1c1cccc2ccccc12. The second-order valence-electron chi connectivity index (χ2n) is 7.97. The molecule has 0 saturated heterocycles. The summed E-state index contributed by atoms with van der Waals surface area (Å²) in [5.41, 5.74) is -0.440. The van der Waals surface area contributed by atoms with E-state index in [2.05, 4.69) is 10.1 Å². The van der Waals surface area contributed by atoms with Crippen LogP contribution in [0.1, 0.15) is 30.5 Å². The highest BCUT2D eigenvalue weighted by Gasteiger charge is 2.35. The van der Waals surface area contributed by atoms with Crippen molar-refractivity contribution in [3.8, 4) is 11.6 Å². The lowest BCUT2D eigenvalue weighted by molar-refractivity contribution is -0.130. The summed E-state index contributed by atoms with van der Waals surface area (Å²) in [6, 6.07) is 19.4. The van der Waals surface area contributed by atoms with Gasteiger partial charge in [-0.05, 0) is 34.5 Å². The molecular formula is C25H19ClN4O4. The van der Waals surface area contributed by atoms with Crippen LogP contribution in [-0.2, 0) is 4.79 Å². The number of aromatic amines is 1. The van der Waals surface area contributed by atoms with Crippen LogP contribution >= 0.6 is 11.6 Å². The average Bonchev–Trinajstić information content (AvgIpc) is 3.23. The fourth-order valence-electron chi connectivity index (χ4n) is 4.37. The first-order valence-electron chi connectivity index (χ1n) is 10.5. The molecule has 0 aliphatic carbocycles. The van der Waals surface area contributed by atoms with Crippen LogP contribution in [0.5, 0.6) is 5.88 Å². The Labute approximate surface area is 198 Å². The maximum Gasteiger partial charge on any atom is 0.335 e. The summed E-state index contributed by atoms with van der Waals surface area (Å²) >= 11 is 6.05. The zero-order chi connectivity index (χ0) is 24.0. The third kappa shape index (κ3) is 3.58. The van der Waals surface area contributed by atoms with Crippen molar-refractivity contribution in [1.29, 1.82) is 0 Å². The lowest BCUT2D eigenvalue weighted by Crippen LogP contribution is -2.33. The molecule has 0 fully saturated rings. The van der Waals surface area contributed by atoms with Crippen molar-refractivity contribution in [1.82, 2.24) is 14.6 Å². The van der Waals surface area contributed by atoms with E-state index in [1.165, 1.54) is 18.0 Å². The summed E-state index contributed by atoms with van der Waals surface area (Å²) in [7, 11) is 0. The van der Waals surface area contributed by atoms with Gasteiger partial charge in [-0.3, -0.25) is 14.6 Å². The molecule has 5 rings (SSSR count). The fourth-order valence-corrected chi connectivity index (χ4v) is 4.56. The molecule has 34 heavy (non-hydrogen) atoms. The number of hydrogen-bond acceptors (Lipinski definition) is 5. The average molecular weight is 475 g/mol. The van der Waals surface area contributed by atoms with Gasteiger partial charge >= 0.3 is 5.69 Å². The zero-order valence-electron chi connectivity index (χ0n) is 18.0. The summed E-state index contributed by atoms with van der Waals surface area (Å²) in [6.45, 7) is 1.39. The molecule has 0 bridgehead atoms. The molecule has 2 N–H and O–H groups in total. The van der Waals surface area contributed by atoms with Crippen molar-refractivity contribution < 1.29 is 9.90 Å². The van der Waals surface area contributed by atoms with E-state index in [0.717, 1.165) is 20.9 Å². The summed E-state index contributed by atoms with van der Waals surface area (Å²) in [5, 5.41) is 19.1. The van der Waals surface area contributed by atoms with E-state index in [1.807, 2.05) is 42.5 Å². The molecule has 0 spiro atoms. The normalized spacial score (nSPS) is 15.5. The lowest BCUT2D eigenvalue weighted by Gasteiger charge is -2.22. The number of halogens is 1. The van der Waals surface area contributed by atoms with E-state index < -0.39 is 23.2 Å². The van der Waals surface area contributed by atoms with Gasteiger partial charge in [0.05, 0.1) is 17.4 Å². The van der Waals surface area contributed by atoms with Crippen LogP contribution in [0.15, 0.2) is 81.4 Å². The predicted molar refractivity (Wildman–Crippen MR) is 130 cm³/mol. The van der Waals surface area contributed by atoms with Crippen LogP contribution < -0.4 is 11.2 Å². The molecule has 0 saturated carbocycles. The van der Waals surface area contributed by atoms with Crippen molar-refractivity contribution in [3.63, 3.8) is 0 Å². The van der Waals surface area contributed by atoms with Gasteiger partial charge in [-0.15, -0.1) is 0 Å². The topological polar surface area (TPSA) is 108 Å². The maximum absolute atomic E-state index is 12.8. The lowest BCUT2D eigenvalue weighted by atomic mass is 9.94. The van der Waals surface area contributed by atoms with E-state index in [9.17, 15) is 19.5 Å². The fraction of sp³-hybridized carbons (Fsp3) is 0.120. The molecule has 1 aromatic heterocycles. The van der Waals surface area contributed by atoms with E-state index >= 15 is 0 Å². The number of hydrogen-bond donors (Lipinski definition) is 2. The number of nitrogens with zero attached hydrogens (tertiary/aromatic N) is 3. The number of rotatable bonds is 3. The molecule has 0 radical (unpaired) electrons. The third-order valence-electron chi connectivity index (χ3n) is 5.86. The molecule has 170 valence electrons. The molecular weight excluding hydrogens is 456 g/mol. The minimum absolute atomic E-state index is 0.173. The number of benzene rings is 3. The molecule has 1 aliphatic heterocycles. The summed E-state index contributed by atoms with van der Waals surface area (Å²) < 4.78 is 0.953. The monoisotopic (exact) mass is 474 g/mol. The highest BCUT2D eigenvalue weighted by atomic mass is 35.5. The molecule has 3 aromatic carbocycles. The van der Waals surface area contributed by atoms with E-state index in [1.54, 1.807) is 18.2 Å². The minimum Gasteiger partial charge on any atom is -0.493 e. The first-order valence-corrected chi connectivity index (χ1v) is 10.9. The van der Waals surface area contributed by atoms with Crippen LogP contribution in [0.4, 0.5) is 0 Å². The number of aromatic nitrogens is 2. The van der Waals surface area contributed by atoms with Crippen LogP contribution in [0.25, 0.3) is 16.5 Å². The van der Waals surface area contributed by atoms with Crippen molar-refractivity contribution in [2.24, 2.45) is 5.10 Å². The Morgan fingerprint density at radius 3 is 2.59 bits per heavy atom. The minimum atomic E-state index is -0.818. The molecule has 2 heterocycles. The Hall–Kier alpha value is -4.17. The molecule has 4 aromatic rings. The Morgan fingerprint density at radius 2 is 1.82 bits per heavy atom. The number of carbonyl (C=O) groups is 1. The van der Waals surface area contributed by atoms with Crippen LogP contribution in [0, 0.1) is 0 Å². The van der Waals surface area contributed by atoms with Crippen LogP contribution in [0.3, 0.4) is 0 Å². The van der Waals surface area contributed by atoms with Crippen LogP contribution in [0.2, 0.25) is 5.02 Å². The van der Waals surface area contributed by atoms with Gasteiger partial charge in [-0.25, -0.2) is 14.4 Å². The van der Waals surface area contributed by atoms with Gasteiger partial charge in [-0.1, -0.05) is 60.1 Å². The maximum atomic E-state index is 12.8. The van der Waals surface area contributed by atoms with Gasteiger partial charge in [0.1, 0.15) is 5.56 Å². The molecule has 8 nitrogen and oxygen atoms in total. The van der Waals surface area contributed by atoms with E-state index in [-0.39, 0.29) is 29.3 Å². The Balaban J connectivity index is 1.66. The van der Waals surface area contributed by atoms with Gasteiger partial charge in [0.15, 0.2) is 0 Å². The molecule has 1 atom stereocenters. The van der Waals surface area contributed by atoms with Gasteiger partial charge < -0.3 is 5.11 Å². The van der Waals surface area contributed by atoms with Crippen molar-refractivity contribution in [3.05, 3.63) is 104 Å². The summed E-state index contributed by atoms with van der Waals surface area (Å²) in [6.07, 6.45) is 0.179. The quantitative estimate of drug-likeness (QED) is 0.471. The van der Waals surface area contributed by atoms with Crippen molar-refractivity contribution >= 4 is 34.0 Å².